The molecule has 104 valence electrons. The molecule has 1 aliphatic heterocycles. The second-order valence-electron chi connectivity index (χ2n) is 5.05. The van der Waals surface area contributed by atoms with Crippen molar-refractivity contribution in [1.29, 1.82) is 0 Å². The number of hydrogen-bond acceptors (Lipinski definition) is 3. The number of carbonyl (C=O) groups excluding carboxylic acids is 1. The van der Waals surface area contributed by atoms with Gasteiger partial charge in [0.1, 0.15) is 5.78 Å². The molecule has 0 aromatic heterocycles. The molecule has 1 saturated heterocycles. The predicted molar refractivity (Wildman–Crippen MR) is 76.7 cm³/mol. The van der Waals surface area contributed by atoms with Crippen molar-refractivity contribution in [1.82, 2.24) is 5.32 Å². The third-order valence-corrected chi connectivity index (χ3v) is 3.89. The number of hydrogen-bond donors (Lipinski definition) is 1. The van der Waals surface area contributed by atoms with Crippen molar-refractivity contribution < 1.29 is 9.53 Å². The van der Waals surface area contributed by atoms with Crippen LogP contribution in [0.15, 0.2) is 18.2 Å². The van der Waals surface area contributed by atoms with E-state index >= 15 is 0 Å². The van der Waals surface area contributed by atoms with Crippen LogP contribution in [0, 0.1) is 12.8 Å². The monoisotopic (exact) mass is 281 g/mol. The van der Waals surface area contributed by atoms with E-state index in [1.165, 1.54) is 0 Å². The second kappa shape index (κ2) is 6.51. The summed E-state index contributed by atoms with van der Waals surface area (Å²) in [5.41, 5.74) is 2.01. The quantitative estimate of drug-likeness (QED) is 0.901. The van der Waals surface area contributed by atoms with Crippen molar-refractivity contribution in [2.75, 3.05) is 19.8 Å². The van der Waals surface area contributed by atoms with Crippen LogP contribution in [0.3, 0.4) is 0 Å². The lowest BCUT2D eigenvalue weighted by atomic mass is 9.93. The van der Waals surface area contributed by atoms with Crippen LogP contribution in [0.1, 0.15) is 18.1 Å². The van der Waals surface area contributed by atoms with Crippen LogP contribution in [0.2, 0.25) is 5.02 Å². The molecule has 0 aliphatic carbocycles. The summed E-state index contributed by atoms with van der Waals surface area (Å²) in [6.07, 6.45) is 0.384. The summed E-state index contributed by atoms with van der Waals surface area (Å²) in [4.78, 5) is 12.4. The number of benzene rings is 1. The van der Waals surface area contributed by atoms with Gasteiger partial charge in [-0.2, -0.15) is 0 Å². The van der Waals surface area contributed by atoms with Gasteiger partial charge in [0.2, 0.25) is 0 Å². The fraction of sp³-hybridized carbons (Fsp3) is 0.533. The third kappa shape index (κ3) is 3.56. The number of carbonyl (C=O) groups is 1. The first-order valence-electron chi connectivity index (χ1n) is 6.70. The summed E-state index contributed by atoms with van der Waals surface area (Å²) in [6.45, 7) is 6.01. The van der Waals surface area contributed by atoms with E-state index in [4.69, 9.17) is 16.3 Å². The molecular weight excluding hydrogens is 262 g/mol. The zero-order valence-electron chi connectivity index (χ0n) is 11.4. The molecule has 0 saturated carbocycles. The normalized spacial score (nSPS) is 22.7. The molecule has 19 heavy (non-hydrogen) atoms. The van der Waals surface area contributed by atoms with Crippen molar-refractivity contribution >= 4 is 17.4 Å². The van der Waals surface area contributed by atoms with Crippen molar-refractivity contribution in [2.45, 2.75) is 26.3 Å². The maximum atomic E-state index is 12.4. The maximum absolute atomic E-state index is 12.4. The van der Waals surface area contributed by atoms with E-state index in [2.05, 4.69) is 5.32 Å². The smallest absolute Gasteiger partial charge is 0.144 e. The van der Waals surface area contributed by atoms with E-state index in [-0.39, 0.29) is 17.7 Å². The van der Waals surface area contributed by atoms with Gasteiger partial charge in [-0.25, -0.2) is 0 Å². The van der Waals surface area contributed by atoms with Crippen LogP contribution in [0.5, 0.6) is 0 Å². The number of Topliss-reactive ketones (excluding diaryl/α,β-unsaturated/α-hetero) is 1. The van der Waals surface area contributed by atoms with Crippen LogP contribution in [0.4, 0.5) is 0 Å². The molecule has 1 heterocycles. The average molecular weight is 282 g/mol. The molecule has 0 radical (unpaired) electrons. The number of nitrogens with one attached hydrogen (secondary N) is 1. The molecule has 1 fully saturated rings. The first kappa shape index (κ1) is 14.5. The third-order valence-electron chi connectivity index (χ3n) is 3.53. The molecule has 3 nitrogen and oxygen atoms in total. The van der Waals surface area contributed by atoms with E-state index < -0.39 is 0 Å². The molecule has 0 amide bonds. The van der Waals surface area contributed by atoms with Crippen molar-refractivity contribution in [3.05, 3.63) is 34.3 Å². The Labute approximate surface area is 119 Å². The highest BCUT2D eigenvalue weighted by atomic mass is 35.5. The van der Waals surface area contributed by atoms with Crippen molar-refractivity contribution in [2.24, 2.45) is 5.92 Å². The van der Waals surface area contributed by atoms with Crippen LogP contribution in [-0.2, 0) is 16.0 Å². The van der Waals surface area contributed by atoms with Gasteiger partial charge in [-0.15, -0.1) is 0 Å². The van der Waals surface area contributed by atoms with Gasteiger partial charge in [0.15, 0.2) is 0 Å². The van der Waals surface area contributed by atoms with E-state index in [0.29, 0.717) is 24.7 Å². The molecule has 0 bridgehead atoms. The highest BCUT2D eigenvalue weighted by Gasteiger charge is 2.33. The lowest BCUT2D eigenvalue weighted by Crippen LogP contribution is -2.39. The maximum Gasteiger partial charge on any atom is 0.144 e. The minimum atomic E-state index is -0.0580. The fourth-order valence-corrected chi connectivity index (χ4v) is 2.75. The van der Waals surface area contributed by atoms with Gasteiger partial charge in [0.05, 0.1) is 19.1 Å². The van der Waals surface area contributed by atoms with Gasteiger partial charge in [-0.3, -0.25) is 4.79 Å². The Morgan fingerprint density at radius 1 is 1.47 bits per heavy atom. The Hall–Kier alpha value is -0.900. The van der Waals surface area contributed by atoms with E-state index in [0.717, 1.165) is 17.7 Å². The highest BCUT2D eigenvalue weighted by molar-refractivity contribution is 6.31. The molecule has 1 aliphatic rings. The molecule has 1 N–H and O–H groups in total. The van der Waals surface area contributed by atoms with Crippen molar-refractivity contribution in [3.63, 3.8) is 0 Å². The van der Waals surface area contributed by atoms with Gasteiger partial charge in [-0.05, 0) is 30.7 Å². The van der Waals surface area contributed by atoms with Crippen molar-refractivity contribution in [3.8, 4) is 0 Å². The standard InChI is InChI=1S/C15H20ClNO2/c1-3-17-14-9-19-8-12(14)15(18)7-11-5-4-10(2)6-13(11)16/h4-6,12,14,17H,3,7-9H2,1-2H3. The summed E-state index contributed by atoms with van der Waals surface area (Å²) < 4.78 is 5.41. The number of ether oxygens (including phenoxy) is 1. The number of likely N-dealkylation sites (N-methyl/N-ethyl adjacent to an activating group) is 1. The lowest BCUT2D eigenvalue weighted by Gasteiger charge is -2.17. The molecule has 2 atom stereocenters. The molecule has 0 spiro atoms. The van der Waals surface area contributed by atoms with Gasteiger partial charge < -0.3 is 10.1 Å². The van der Waals surface area contributed by atoms with Gasteiger partial charge in [-0.1, -0.05) is 30.7 Å². The summed E-state index contributed by atoms with van der Waals surface area (Å²) in [7, 11) is 0. The molecular formula is C15H20ClNO2. The molecule has 4 heteroatoms. The first-order chi connectivity index (χ1) is 9.11. The largest absolute Gasteiger partial charge is 0.379 e. The van der Waals surface area contributed by atoms with Gasteiger partial charge in [0, 0.05) is 17.5 Å². The number of ketones is 1. The van der Waals surface area contributed by atoms with Crippen LogP contribution < -0.4 is 5.32 Å². The summed E-state index contributed by atoms with van der Waals surface area (Å²) in [5, 5.41) is 3.98. The zero-order chi connectivity index (χ0) is 13.8. The molecule has 1 aromatic carbocycles. The van der Waals surface area contributed by atoms with E-state index in [1.54, 1.807) is 0 Å². The number of rotatable bonds is 5. The Balaban J connectivity index is 2.04. The minimum absolute atomic E-state index is 0.0580. The Kier molecular flexibility index (Phi) is 4.97. The number of halogens is 1. The Morgan fingerprint density at radius 2 is 2.26 bits per heavy atom. The molecule has 1 aromatic rings. The summed E-state index contributed by atoms with van der Waals surface area (Å²) >= 11 is 6.18. The van der Waals surface area contributed by atoms with Gasteiger partial charge in [0.25, 0.3) is 0 Å². The highest BCUT2D eigenvalue weighted by Crippen LogP contribution is 2.22. The zero-order valence-corrected chi connectivity index (χ0v) is 12.2. The molecule has 2 rings (SSSR count). The van der Waals surface area contributed by atoms with Crippen LogP contribution >= 0.6 is 11.6 Å². The predicted octanol–water partition coefficient (Wildman–Crippen LogP) is 2.38. The molecule has 2 unspecified atom stereocenters. The topological polar surface area (TPSA) is 38.3 Å². The SMILES string of the molecule is CCNC1COCC1C(=O)Cc1ccc(C)cc1Cl. The Bertz CT molecular complexity index is 461. The fourth-order valence-electron chi connectivity index (χ4n) is 2.45. The van der Waals surface area contributed by atoms with Crippen LogP contribution in [-0.4, -0.2) is 31.6 Å². The average Bonchev–Trinajstić information content (AvgIpc) is 2.81. The summed E-state index contributed by atoms with van der Waals surface area (Å²) in [5.74, 6) is 0.145. The lowest BCUT2D eigenvalue weighted by molar-refractivity contribution is -0.122. The van der Waals surface area contributed by atoms with E-state index in [1.807, 2.05) is 32.0 Å². The second-order valence-corrected chi connectivity index (χ2v) is 5.45. The summed E-state index contributed by atoms with van der Waals surface area (Å²) in [6, 6.07) is 5.97. The Morgan fingerprint density at radius 3 is 2.95 bits per heavy atom. The minimum Gasteiger partial charge on any atom is -0.379 e. The van der Waals surface area contributed by atoms with E-state index in [9.17, 15) is 4.79 Å². The van der Waals surface area contributed by atoms with Gasteiger partial charge >= 0.3 is 0 Å². The van der Waals surface area contributed by atoms with Crippen LogP contribution in [0.25, 0.3) is 0 Å². The first-order valence-corrected chi connectivity index (χ1v) is 7.08. The number of aryl methyl sites for hydroxylation is 1.